The molecule has 1 aliphatic carbocycles. The van der Waals surface area contributed by atoms with E-state index in [-0.39, 0.29) is 6.10 Å². The molecule has 0 aromatic carbocycles. The molecule has 1 saturated carbocycles. The van der Waals surface area contributed by atoms with Gasteiger partial charge in [-0.05, 0) is 39.2 Å². The van der Waals surface area contributed by atoms with Crippen molar-refractivity contribution in [3.8, 4) is 0 Å². The first-order valence-electron chi connectivity index (χ1n) is 6.77. The molecule has 3 heteroatoms. The van der Waals surface area contributed by atoms with Crippen LogP contribution < -0.4 is 0 Å². The molecule has 2 rings (SSSR count). The molecule has 1 heterocycles. The van der Waals surface area contributed by atoms with Crippen molar-refractivity contribution in [1.29, 1.82) is 0 Å². The molecule has 0 bridgehead atoms. The Balaban J connectivity index is 1.78. The zero-order valence-corrected chi connectivity index (χ0v) is 10.4. The first-order chi connectivity index (χ1) is 7.77. The topological polar surface area (TPSA) is 32.7 Å². The molecular formula is C13H25NO2. The van der Waals surface area contributed by atoms with E-state index in [2.05, 4.69) is 11.9 Å². The van der Waals surface area contributed by atoms with Crippen molar-refractivity contribution in [1.82, 2.24) is 4.90 Å². The van der Waals surface area contributed by atoms with Crippen molar-refractivity contribution in [3.63, 3.8) is 0 Å². The minimum atomic E-state index is -0.123. The zero-order valence-electron chi connectivity index (χ0n) is 10.4. The lowest BCUT2D eigenvalue weighted by Crippen LogP contribution is -2.47. The summed E-state index contributed by atoms with van der Waals surface area (Å²) in [6, 6.07) is 0.360. The molecule has 1 N–H and O–H groups in total. The van der Waals surface area contributed by atoms with Crippen LogP contribution in [0.3, 0.4) is 0 Å². The van der Waals surface area contributed by atoms with Crippen LogP contribution in [-0.4, -0.2) is 48.5 Å². The van der Waals surface area contributed by atoms with Gasteiger partial charge in [0.15, 0.2) is 0 Å². The summed E-state index contributed by atoms with van der Waals surface area (Å²) in [5, 5.41) is 9.99. The lowest BCUT2D eigenvalue weighted by molar-refractivity contribution is -0.0313. The van der Waals surface area contributed by atoms with Gasteiger partial charge in [0, 0.05) is 19.2 Å². The van der Waals surface area contributed by atoms with Crippen molar-refractivity contribution in [3.05, 3.63) is 0 Å². The SMILES string of the molecule is CN(CC1CCCCO1)[C@@H]1CCCC[C@H]1O. The van der Waals surface area contributed by atoms with Crippen molar-refractivity contribution in [2.24, 2.45) is 0 Å². The van der Waals surface area contributed by atoms with E-state index in [9.17, 15) is 5.11 Å². The lowest BCUT2D eigenvalue weighted by Gasteiger charge is -2.37. The van der Waals surface area contributed by atoms with Crippen LogP contribution in [-0.2, 0) is 4.74 Å². The molecular weight excluding hydrogens is 202 g/mol. The van der Waals surface area contributed by atoms with Crippen LogP contribution in [0.2, 0.25) is 0 Å². The van der Waals surface area contributed by atoms with Gasteiger partial charge in [-0.2, -0.15) is 0 Å². The smallest absolute Gasteiger partial charge is 0.0702 e. The zero-order chi connectivity index (χ0) is 11.4. The van der Waals surface area contributed by atoms with E-state index < -0.39 is 0 Å². The van der Waals surface area contributed by atoms with Crippen LogP contribution in [0.25, 0.3) is 0 Å². The van der Waals surface area contributed by atoms with Gasteiger partial charge in [0.1, 0.15) is 0 Å². The van der Waals surface area contributed by atoms with E-state index in [1.54, 1.807) is 0 Å². The maximum atomic E-state index is 9.99. The number of hydrogen-bond acceptors (Lipinski definition) is 3. The average Bonchev–Trinajstić information content (AvgIpc) is 2.31. The van der Waals surface area contributed by atoms with E-state index in [0.717, 1.165) is 26.0 Å². The maximum absolute atomic E-state index is 9.99. The summed E-state index contributed by atoms with van der Waals surface area (Å²) < 4.78 is 5.75. The Morgan fingerprint density at radius 3 is 2.56 bits per heavy atom. The van der Waals surface area contributed by atoms with Gasteiger partial charge in [-0.15, -0.1) is 0 Å². The van der Waals surface area contributed by atoms with Crippen molar-refractivity contribution in [2.75, 3.05) is 20.2 Å². The minimum absolute atomic E-state index is 0.123. The number of likely N-dealkylation sites (N-methyl/N-ethyl adjacent to an activating group) is 1. The Morgan fingerprint density at radius 1 is 1.12 bits per heavy atom. The second-order valence-corrected chi connectivity index (χ2v) is 5.35. The molecule has 16 heavy (non-hydrogen) atoms. The number of aliphatic hydroxyl groups is 1. The van der Waals surface area contributed by atoms with Gasteiger partial charge in [-0.25, -0.2) is 0 Å². The number of ether oxygens (including phenoxy) is 1. The number of rotatable bonds is 3. The fourth-order valence-electron chi connectivity index (χ4n) is 3.01. The molecule has 2 fully saturated rings. The second kappa shape index (κ2) is 5.99. The fourth-order valence-corrected chi connectivity index (χ4v) is 3.01. The van der Waals surface area contributed by atoms with Crippen LogP contribution in [0.15, 0.2) is 0 Å². The van der Waals surface area contributed by atoms with E-state index in [4.69, 9.17) is 4.74 Å². The minimum Gasteiger partial charge on any atom is -0.391 e. The van der Waals surface area contributed by atoms with Gasteiger partial charge < -0.3 is 9.84 Å². The third kappa shape index (κ3) is 3.19. The third-order valence-corrected chi connectivity index (χ3v) is 4.03. The first-order valence-corrected chi connectivity index (χ1v) is 6.77. The van der Waals surface area contributed by atoms with Crippen LogP contribution in [0.1, 0.15) is 44.9 Å². The summed E-state index contributed by atoms with van der Waals surface area (Å²) >= 11 is 0. The molecule has 0 aromatic rings. The standard InChI is InChI=1S/C13H25NO2/c1-14(10-11-6-4-5-9-16-11)12-7-2-3-8-13(12)15/h11-13,15H,2-10H2,1H3/t11?,12-,13-/m1/s1. The Kier molecular flexibility index (Phi) is 4.62. The maximum Gasteiger partial charge on any atom is 0.0702 e. The van der Waals surface area contributed by atoms with Gasteiger partial charge >= 0.3 is 0 Å². The summed E-state index contributed by atoms with van der Waals surface area (Å²) in [6.45, 7) is 1.91. The monoisotopic (exact) mass is 227 g/mol. The third-order valence-electron chi connectivity index (χ3n) is 4.03. The van der Waals surface area contributed by atoms with Crippen molar-refractivity contribution in [2.45, 2.75) is 63.2 Å². The number of hydrogen-bond donors (Lipinski definition) is 1. The molecule has 3 nitrogen and oxygen atoms in total. The Bertz CT molecular complexity index is 204. The van der Waals surface area contributed by atoms with Gasteiger partial charge in [-0.3, -0.25) is 4.90 Å². The van der Waals surface area contributed by atoms with Crippen LogP contribution >= 0.6 is 0 Å². The van der Waals surface area contributed by atoms with Gasteiger partial charge in [0.05, 0.1) is 12.2 Å². The summed E-state index contributed by atoms with van der Waals surface area (Å²) in [7, 11) is 2.14. The van der Waals surface area contributed by atoms with Crippen molar-refractivity contribution < 1.29 is 9.84 Å². The summed E-state index contributed by atoms with van der Waals surface area (Å²) in [5.41, 5.74) is 0. The molecule has 1 aliphatic heterocycles. The van der Waals surface area contributed by atoms with Crippen LogP contribution in [0.5, 0.6) is 0 Å². The largest absolute Gasteiger partial charge is 0.391 e. The Hall–Kier alpha value is -0.120. The molecule has 1 saturated heterocycles. The second-order valence-electron chi connectivity index (χ2n) is 5.35. The quantitative estimate of drug-likeness (QED) is 0.798. The molecule has 1 unspecified atom stereocenters. The molecule has 2 aliphatic rings. The number of nitrogens with zero attached hydrogens (tertiary/aromatic N) is 1. The summed E-state index contributed by atoms with van der Waals surface area (Å²) in [5.74, 6) is 0. The Morgan fingerprint density at radius 2 is 1.88 bits per heavy atom. The normalized spacial score (nSPS) is 36.6. The fraction of sp³-hybridized carbons (Fsp3) is 1.00. The van der Waals surface area contributed by atoms with E-state index in [1.807, 2.05) is 0 Å². The molecule has 3 atom stereocenters. The van der Waals surface area contributed by atoms with Gasteiger partial charge in [-0.1, -0.05) is 12.8 Å². The highest BCUT2D eigenvalue weighted by Crippen LogP contribution is 2.23. The lowest BCUT2D eigenvalue weighted by atomic mass is 9.91. The molecule has 94 valence electrons. The Labute approximate surface area is 98.8 Å². The van der Waals surface area contributed by atoms with Crippen LogP contribution in [0, 0.1) is 0 Å². The highest BCUT2D eigenvalue weighted by atomic mass is 16.5. The van der Waals surface area contributed by atoms with E-state index >= 15 is 0 Å². The molecule has 0 aromatic heterocycles. The van der Waals surface area contributed by atoms with Gasteiger partial charge in [0.2, 0.25) is 0 Å². The van der Waals surface area contributed by atoms with Crippen LogP contribution in [0.4, 0.5) is 0 Å². The first kappa shape index (κ1) is 12.3. The number of aliphatic hydroxyl groups excluding tert-OH is 1. The summed E-state index contributed by atoms with van der Waals surface area (Å²) in [6.07, 6.45) is 8.54. The highest BCUT2D eigenvalue weighted by Gasteiger charge is 2.28. The molecule has 0 spiro atoms. The van der Waals surface area contributed by atoms with Gasteiger partial charge in [0.25, 0.3) is 0 Å². The predicted molar refractivity (Wildman–Crippen MR) is 64.5 cm³/mol. The predicted octanol–water partition coefficient (Wildman–Crippen LogP) is 1.79. The van der Waals surface area contributed by atoms with Crippen molar-refractivity contribution >= 4 is 0 Å². The molecule has 0 radical (unpaired) electrons. The average molecular weight is 227 g/mol. The van der Waals surface area contributed by atoms with E-state index in [0.29, 0.717) is 12.1 Å². The summed E-state index contributed by atoms with van der Waals surface area (Å²) in [4.78, 5) is 2.32. The molecule has 0 amide bonds. The highest BCUT2D eigenvalue weighted by molar-refractivity contribution is 4.83. The van der Waals surface area contributed by atoms with E-state index in [1.165, 1.54) is 32.1 Å².